The molecule has 0 spiro atoms. The van der Waals surface area contributed by atoms with Crippen molar-refractivity contribution in [3.05, 3.63) is 33.8 Å². The Balaban J connectivity index is 2.77. The molecule has 0 bridgehead atoms. The molecule has 0 aromatic heterocycles. The summed E-state index contributed by atoms with van der Waals surface area (Å²) in [6.45, 7) is 3.80. The molecule has 1 rings (SSSR count). The van der Waals surface area contributed by atoms with Crippen LogP contribution in [0.25, 0.3) is 0 Å². The molecule has 0 radical (unpaired) electrons. The number of hydrogen-bond acceptors (Lipinski definition) is 1. The van der Waals surface area contributed by atoms with Crippen LogP contribution in [0.2, 0.25) is 0 Å². The molecule has 0 saturated heterocycles. The van der Waals surface area contributed by atoms with Crippen LogP contribution in [-0.2, 0) is 11.3 Å². The van der Waals surface area contributed by atoms with Crippen LogP contribution in [0.5, 0.6) is 0 Å². The molecule has 1 aromatic rings. The zero-order chi connectivity index (χ0) is 11.4. The van der Waals surface area contributed by atoms with Crippen molar-refractivity contribution < 1.29 is 13.5 Å². The highest BCUT2D eigenvalue weighted by Gasteiger charge is 2.11. The Morgan fingerprint density at radius 3 is 2.33 bits per heavy atom. The Morgan fingerprint density at radius 2 is 1.87 bits per heavy atom. The second-order valence-electron chi connectivity index (χ2n) is 3.38. The molecular weight excluding hydrogens is 266 g/mol. The van der Waals surface area contributed by atoms with E-state index in [0.717, 1.165) is 6.42 Å². The normalized spacial score (nSPS) is 12.9. The maximum absolute atomic E-state index is 13.3. The van der Waals surface area contributed by atoms with E-state index in [4.69, 9.17) is 4.74 Å². The Labute approximate surface area is 96.6 Å². The van der Waals surface area contributed by atoms with E-state index in [9.17, 15) is 8.78 Å². The van der Waals surface area contributed by atoms with E-state index in [0.29, 0.717) is 4.47 Å². The first-order valence-electron chi connectivity index (χ1n) is 4.79. The van der Waals surface area contributed by atoms with Gasteiger partial charge in [-0.15, -0.1) is 0 Å². The minimum atomic E-state index is -0.579. The van der Waals surface area contributed by atoms with Crippen LogP contribution in [-0.4, -0.2) is 6.10 Å². The molecule has 0 aliphatic rings. The zero-order valence-corrected chi connectivity index (χ0v) is 10.3. The van der Waals surface area contributed by atoms with Crippen molar-refractivity contribution in [1.82, 2.24) is 0 Å². The first-order chi connectivity index (χ1) is 7.04. The van der Waals surface area contributed by atoms with Crippen LogP contribution < -0.4 is 0 Å². The molecule has 15 heavy (non-hydrogen) atoms. The molecule has 1 unspecified atom stereocenters. The van der Waals surface area contributed by atoms with E-state index in [1.54, 1.807) is 0 Å². The molecule has 84 valence electrons. The molecule has 0 saturated carbocycles. The quantitative estimate of drug-likeness (QED) is 0.808. The number of rotatable bonds is 4. The van der Waals surface area contributed by atoms with Gasteiger partial charge >= 0.3 is 0 Å². The SMILES string of the molecule is CCC(C)OCc1c(F)cc(Br)cc1F. The third-order valence-corrected chi connectivity index (χ3v) is 2.65. The minimum Gasteiger partial charge on any atom is -0.374 e. The monoisotopic (exact) mass is 278 g/mol. The molecule has 0 amide bonds. The summed E-state index contributed by atoms with van der Waals surface area (Å²) in [5.74, 6) is -1.16. The maximum Gasteiger partial charge on any atom is 0.132 e. The number of benzene rings is 1. The van der Waals surface area contributed by atoms with Crippen molar-refractivity contribution in [2.75, 3.05) is 0 Å². The lowest BCUT2D eigenvalue weighted by Gasteiger charge is -2.11. The van der Waals surface area contributed by atoms with E-state index in [-0.39, 0.29) is 18.3 Å². The molecule has 1 atom stereocenters. The van der Waals surface area contributed by atoms with Gasteiger partial charge < -0.3 is 4.74 Å². The van der Waals surface area contributed by atoms with E-state index >= 15 is 0 Å². The standard InChI is InChI=1S/C11H13BrF2O/c1-3-7(2)15-6-9-10(13)4-8(12)5-11(9)14/h4-5,7H,3,6H2,1-2H3. The fraction of sp³-hybridized carbons (Fsp3) is 0.455. The molecule has 0 aliphatic heterocycles. The largest absolute Gasteiger partial charge is 0.374 e. The second kappa shape index (κ2) is 5.56. The van der Waals surface area contributed by atoms with Crippen LogP contribution in [0.4, 0.5) is 8.78 Å². The van der Waals surface area contributed by atoms with Gasteiger partial charge in [-0.05, 0) is 25.5 Å². The van der Waals surface area contributed by atoms with Gasteiger partial charge in [0.2, 0.25) is 0 Å². The molecular formula is C11H13BrF2O. The van der Waals surface area contributed by atoms with E-state index in [2.05, 4.69) is 15.9 Å². The lowest BCUT2D eigenvalue weighted by atomic mass is 10.2. The highest BCUT2D eigenvalue weighted by atomic mass is 79.9. The summed E-state index contributed by atoms with van der Waals surface area (Å²) < 4.78 is 32.3. The highest BCUT2D eigenvalue weighted by Crippen LogP contribution is 2.20. The van der Waals surface area contributed by atoms with Crippen LogP contribution in [0.15, 0.2) is 16.6 Å². The average Bonchev–Trinajstić information content (AvgIpc) is 2.15. The van der Waals surface area contributed by atoms with Crippen molar-refractivity contribution >= 4 is 15.9 Å². The van der Waals surface area contributed by atoms with Crippen molar-refractivity contribution in [3.63, 3.8) is 0 Å². The first-order valence-corrected chi connectivity index (χ1v) is 5.59. The smallest absolute Gasteiger partial charge is 0.132 e. The van der Waals surface area contributed by atoms with Gasteiger partial charge in [-0.1, -0.05) is 22.9 Å². The van der Waals surface area contributed by atoms with Crippen molar-refractivity contribution in [1.29, 1.82) is 0 Å². The van der Waals surface area contributed by atoms with Gasteiger partial charge in [0.25, 0.3) is 0 Å². The Bertz CT molecular complexity index is 318. The van der Waals surface area contributed by atoms with Gasteiger partial charge in [0.1, 0.15) is 11.6 Å². The van der Waals surface area contributed by atoms with Crippen LogP contribution in [0, 0.1) is 11.6 Å². The predicted molar refractivity (Wildman–Crippen MR) is 58.6 cm³/mol. The summed E-state index contributed by atoms with van der Waals surface area (Å²) in [6.07, 6.45) is 0.826. The molecule has 1 aromatic carbocycles. The highest BCUT2D eigenvalue weighted by molar-refractivity contribution is 9.10. The predicted octanol–water partition coefficient (Wildman–Crippen LogP) is 4.04. The van der Waals surface area contributed by atoms with Crippen LogP contribution >= 0.6 is 15.9 Å². The van der Waals surface area contributed by atoms with Crippen molar-refractivity contribution in [3.8, 4) is 0 Å². The Kier molecular flexibility index (Phi) is 4.67. The topological polar surface area (TPSA) is 9.23 Å². The fourth-order valence-electron chi connectivity index (χ4n) is 1.05. The summed E-state index contributed by atoms with van der Waals surface area (Å²) >= 11 is 3.02. The first kappa shape index (κ1) is 12.6. The van der Waals surface area contributed by atoms with Gasteiger partial charge in [0.15, 0.2) is 0 Å². The van der Waals surface area contributed by atoms with Gasteiger partial charge in [0, 0.05) is 10.0 Å². The van der Waals surface area contributed by atoms with Crippen LogP contribution in [0.1, 0.15) is 25.8 Å². The Morgan fingerprint density at radius 1 is 1.33 bits per heavy atom. The van der Waals surface area contributed by atoms with Crippen LogP contribution in [0.3, 0.4) is 0 Å². The summed E-state index contributed by atoms with van der Waals surface area (Å²) in [7, 11) is 0. The number of halogens is 3. The zero-order valence-electron chi connectivity index (χ0n) is 8.69. The molecule has 1 nitrogen and oxygen atoms in total. The van der Waals surface area contributed by atoms with Crippen molar-refractivity contribution in [2.45, 2.75) is 33.0 Å². The van der Waals surface area contributed by atoms with Gasteiger partial charge in [-0.25, -0.2) is 8.78 Å². The fourth-order valence-corrected chi connectivity index (χ4v) is 1.46. The average molecular weight is 279 g/mol. The third-order valence-electron chi connectivity index (χ3n) is 2.19. The summed E-state index contributed by atoms with van der Waals surface area (Å²) in [5.41, 5.74) is -0.0153. The van der Waals surface area contributed by atoms with Gasteiger partial charge in [-0.2, -0.15) is 0 Å². The van der Waals surface area contributed by atoms with E-state index < -0.39 is 11.6 Å². The van der Waals surface area contributed by atoms with Gasteiger partial charge in [-0.3, -0.25) is 0 Å². The maximum atomic E-state index is 13.3. The van der Waals surface area contributed by atoms with E-state index in [1.165, 1.54) is 12.1 Å². The Hall–Kier alpha value is -0.480. The van der Waals surface area contributed by atoms with Gasteiger partial charge in [0.05, 0.1) is 12.7 Å². The lowest BCUT2D eigenvalue weighted by molar-refractivity contribution is 0.0474. The lowest BCUT2D eigenvalue weighted by Crippen LogP contribution is -2.08. The summed E-state index contributed by atoms with van der Waals surface area (Å²) in [5, 5.41) is 0. The number of hydrogen-bond donors (Lipinski definition) is 0. The second-order valence-corrected chi connectivity index (χ2v) is 4.29. The van der Waals surface area contributed by atoms with E-state index in [1.807, 2.05) is 13.8 Å². The molecule has 0 heterocycles. The minimum absolute atomic E-state index is 0.00690. The molecule has 0 fully saturated rings. The summed E-state index contributed by atoms with van der Waals surface area (Å²) in [6, 6.07) is 2.47. The third kappa shape index (κ3) is 3.54. The van der Waals surface area contributed by atoms with Crippen molar-refractivity contribution in [2.24, 2.45) is 0 Å². The molecule has 4 heteroatoms. The number of ether oxygens (including phenoxy) is 1. The molecule has 0 N–H and O–H groups in total. The molecule has 0 aliphatic carbocycles. The summed E-state index contributed by atoms with van der Waals surface area (Å²) in [4.78, 5) is 0.